The molecule has 0 saturated carbocycles. The average Bonchev–Trinajstić information content (AvgIpc) is 2.37. The normalized spacial score (nSPS) is 13.9. The fraction of sp³-hybridized carbons (Fsp3) is 0.333. The van der Waals surface area contributed by atoms with Gasteiger partial charge in [0, 0.05) is 6.54 Å². The molecule has 0 spiro atoms. The number of anilines is 1. The highest BCUT2D eigenvalue weighted by Gasteiger charge is 2.25. The predicted octanol–water partition coefficient (Wildman–Crippen LogP) is 0.632. The second-order valence-corrected chi connectivity index (χ2v) is 3.77. The first-order chi connectivity index (χ1) is 8.26. The van der Waals surface area contributed by atoms with Crippen LogP contribution in [0.25, 0.3) is 0 Å². The van der Waals surface area contributed by atoms with Crippen LogP contribution >= 0.6 is 0 Å². The lowest BCUT2D eigenvalue weighted by Crippen LogP contribution is -2.40. The van der Waals surface area contributed by atoms with Crippen molar-refractivity contribution in [2.75, 3.05) is 24.6 Å². The van der Waals surface area contributed by atoms with Crippen molar-refractivity contribution in [1.29, 1.82) is 5.26 Å². The summed E-state index contributed by atoms with van der Waals surface area (Å²) in [6.45, 7) is 1.13. The van der Waals surface area contributed by atoms with Crippen molar-refractivity contribution in [3.05, 3.63) is 23.8 Å². The van der Waals surface area contributed by atoms with Gasteiger partial charge in [-0.3, -0.25) is 4.79 Å². The second-order valence-electron chi connectivity index (χ2n) is 3.77. The Balaban J connectivity index is 2.35. The van der Waals surface area contributed by atoms with E-state index in [1.807, 2.05) is 0 Å². The van der Waals surface area contributed by atoms with Gasteiger partial charge in [0.25, 0.3) is 5.91 Å². The number of rotatable bonds is 3. The number of carbonyl (C=O) groups is 1. The summed E-state index contributed by atoms with van der Waals surface area (Å²) in [7, 11) is 0. The minimum Gasteiger partial charge on any atom is -0.482 e. The third-order valence-electron chi connectivity index (χ3n) is 2.62. The zero-order chi connectivity index (χ0) is 12.3. The van der Waals surface area contributed by atoms with E-state index in [1.165, 1.54) is 0 Å². The number of nitriles is 1. The maximum Gasteiger partial charge on any atom is 0.265 e. The summed E-state index contributed by atoms with van der Waals surface area (Å²) >= 11 is 0. The van der Waals surface area contributed by atoms with Crippen LogP contribution in [0.2, 0.25) is 0 Å². The molecular formula is C12H13N3O2. The van der Waals surface area contributed by atoms with Gasteiger partial charge in [-0.15, -0.1) is 0 Å². The highest BCUT2D eigenvalue weighted by Crippen LogP contribution is 2.32. The zero-order valence-electron chi connectivity index (χ0n) is 9.35. The Kier molecular flexibility index (Phi) is 3.26. The largest absolute Gasteiger partial charge is 0.482 e. The van der Waals surface area contributed by atoms with E-state index in [1.54, 1.807) is 23.1 Å². The van der Waals surface area contributed by atoms with E-state index in [-0.39, 0.29) is 12.5 Å². The van der Waals surface area contributed by atoms with E-state index < -0.39 is 0 Å². The highest BCUT2D eigenvalue weighted by atomic mass is 16.5. The van der Waals surface area contributed by atoms with Crippen molar-refractivity contribution < 1.29 is 9.53 Å². The molecule has 0 fully saturated rings. The lowest BCUT2D eigenvalue weighted by Gasteiger charge is -2.29. The first-order valence-electron chi connectivity index (χ1n) is 5.43. The van der Waals surface area contributed by atoms with E-state index in [9.17, 15) is 4.79 Å². The van der Waals surface area contributed by atoms with Gasteiger partial charge in [0.1, 0.15) is 5.75 Å². The van der Waals surface area contributed by atoms with Crippen molar-refractivity contribution in [2.24, 2.45) is 5.73 Å². The lowest BCUT2D eigenvalue weighted by molar-refractivity contribution is -0.121. The Morgan fingerprint density at radius 1 is 1.53 bits per heavy atom. The minimum atomic E-state index is -0.0963. The summed E-state index contributed by atoms with van der Waals surface area (Å²) in [5.74, 6) is 0.543. The minimum absolute atomic E-state index is 0.0451. The van der Waals surface area contributed by atoms with E-state index in [0.29, 0.717) is 30.1 Å². The molecule has 1 aliphatic heterocycles. The molecule has 88 valence electrons. The first-order valence-corrected chi connectivity index (χ1v) is 5.43. The SMILES string of the molecule is N#Cc1ccc2c(c1)N(CCCN)C(=O)CO2. The van der Waals surface area contributed by atoms with Crippen molar-refractivity contribution in [3.63, 3.8) is 0 Å². The Bertz CT molecular complexity index is 479. The molecule has 0 aliphatic carbocycles. The van der Waals surface area contributed by atoms with E-state index in [0.717, 1.165) is 6.42 Å². The van der Waals surface area contributed by atoms with Crippen molar-refractivity contribution in [2.45, 2.75) is 6.42 Å². The third-order valence-corrected chi connectivity index (χ3v) is 2.62. The molecule has 0 unspecified atom stereocenters. The Hall–Kier alpha value is -2.06. The maximum absolute atomic E-state index is 11.7. The summed E-state index contributed by atoms with van der Waals surface area (Å²) in [5, 5.41) is 8.85. The van der Waals surface area contributed by atoms with E-state index >= 15 is 0 Å². The Labute approximate surface area is 99.4 Å². The monoisotopic (exact) mass is 231 g/mol. The molecule has 1 amide bonds. The number of nitrogens with two attached hydrogens (primary N) is 1. The van der Waals surface area contributed by atoms with Gasteiger partial charge < -0.3 is 15.4 Å². The van der Waals surface area contributed by atoms with Gasteiger partial charge in [0.05, 0.1) is 17.3 Å². The van der Waals surface area contributed by atoms with Gasteiger partial charge in [-0.05, 0) is 31.2 Å². The van der Waals surface area contributed by atoms with Crippen LogP contribution in [0.5, 0.6) is 5.75 Å². The van der Waals surface area contributed by atoms with Crippen LogP contribution < -0.4 is 15.4 Å². The number of carbonyl (C=O) groups excluding carboxylic acids is 1. The molecule has 1 aromatic rings. The van der Waals surface area contributed by atoms with Crippen LogP contribution in [-0.2, 0) is 4.79 Å². The van der Waals surface area contributed by atoms with Crippen molar-refractivity contribution >= 4 is 11.6 Å². The molecule has 1 aliphatic rings. The summed E-state index contributed by atoms with van der Waals surface area (Å²) in [6.07, 6.45) is 0.724. The molecule has 1 aromatic carbocycles. The topological polar surface area (TPSA) is 79.4 Å². The molecule has 0 bridgehead atoms. The van der Waals surface area contributed by atoms with Crippen LogP contribution in [-0.4, -0.2) is 25.6 Å². The molecule has 5 heteroatoms. The number of hydrogen-bond acceptors (Lipinski definition) is 4. The summed E-state index contributed by atoms with van der Waals surface area (Å²) in [5.41, 5.74) is 6.62. The number of benzene rings is 1. The standard InChI is InChI=1S/C12H13N3O2/c13-4-1-5-15-10-6-9(7-14)2-3-11(10)17-8-12(15)16/h2-3,6H,1,4-5,8,13H2. The number of amides is 1. The van der Waals surface area contributed by atoms with E-state index in [2.05, 4.69) is 6.07 Å². The first kappa shape index (κ1) is 11.4. The molecule has 0 saturated heterocycles. The fourth-order valence-electron chi connectivity index (χ4n) is 1.77. The van der Waals surface area contributed by atoms with Crippen LogP contribution in [0.4, 0.5) is 5.69 Å². The van der Waals surface area contributed by atoms with Gasteiger partial charge in [-0.2, -0.15) is 5.26 Å². The van der Waals surface area contributed by atoms with Crippen LogP contribution in [0, 0.1) is 11.3 Å². The molecular weight excluding hydrogens is 218 g/mol. The molecule has 0 atom stereocenters. The van der Waals surface area contributed by atoms with Crippen LogP contribution in [0.15, 0.2) is 18.2 Å². The molecule has 1 heterocycles. The molecule has 17 heavy (non-hydrogen) atoms. The predicted molar refractivity (Wildman–Crippen MR) is 62.7 cm³/mol. The van der Waals surface area contributed by atoms with E-state index in [4.69, 9.17) is 15.7 Å². The summed E-state index contributed by atoms with van der Waals surface area (Å²) in [4.78, 5) is 13.4. The zero-order valence-corrected chi connectivity index (χ0v) is 9.35. The molecule has 5 nitrogen and oxygen atoms in total. The number of ether oxygens (including phenoxy) is 1. The molecule has 2 N–H and O–H groups in total. The quantitative estimate of drug-likeness (QED) is 0.827. The lowest BCUT2D eigenvalue weighted by atomic mass is 10.1. The number of fused-ring (bicyclic) bond motifs is 1. The molecule has 0 radical (unpaired) electrons. The highest BCUT2D eigenvalue weighted by molar-refractivity contribution is 5.98. The summed E-state index contributed by atoms with van der Waals surface area (Å²) in [6, 6.07) is 7.11. The van der Waals surface area contributed by atoms with Gasteiger partial charge in [-0.1, -0.05) is 0 Å². The van der Waals surface area contributed by atoms with Crippen LogP contribution in [0.1, 0.15) is 12.0 Å². The van der Waals surface area contributed by atoms with Gasteiger partial charge in [-0.25, -0.2) is 0 Å². The fourth-order valence-corrected chi connectivity index (χ4v) is 1.77. The number of hydrogen-bond donors (Lipinski definition) is 1. The second kappa shape index (κ2) is 4.85. The van der Waals surface area contributed by atoms with Gasteiger partial charge in [0.15, 0.2) is 6.61 Å². The Morgan fingerprint density at radius 2 is 2.35 bits per heavy atom. The maximum atomic E-state index is 11.7. The van der Waals surface area contributed by atoms with Gasteiger partial charge in [0.2, 0.25) is 0 Å². The molecule has 2 rings (SSSR count). The van der Waals surface area contributed by atoms with Crippen molar-refractivity contribution in [3.8, 4) is 11.8 Å². The van der Waals surface area contributed by atoms with Crippen LogP contribution in [0.3, 0.4) is 0 Å². The molecule has 0 aromatic heterocycles. The Morgan fingerprint density at radius 3 is 3.06 bits per heavy atom. The number of nitrogens with zero attached hydrogens (tertiary/aromatic N) is 2. The van der Waals surface area contributed by atoms with Crippen molar-refractivity contribution in [1.82, 2.24) is 0 Å². The van der Waals surface area contributed by atoms with Gasteiger partial charge >= 0.3 is 0 Å². The third kappa shape index (κ3) is 2.22. The summed E-state index contributed by atoms with van der Waals surface area (Å²) < 4.78 is 5.31. The average molecular weight is 231 g/mol. The smallest absolute Gasteiger partial charge is 0.265 e.